The number of piperazine rings is 1. The number of thiocarbonyl (C=S) groups is 1. The van der Waals surface area contributed by atoms with Crippen molar-refractivity contribution in [3.63, 3.8) is 0 Å². The van der Waals surface area contributed by atoms with Crippen molar-refractivity contribution in [3.05, 3.63) is 28.2 Å². The van der Waals surface area contributed by atoms with Crippen LogP contribution in [0.4, 0.5) is 5.69 Å². The fraction of sp³-hybridized carbons (Fsp3) is 0.462. The van der Waals surface area contributed by atoms with E-state index in [1.54, 1.807) is 0 Å². The summed E-state index contributed by atoms with van der Waals surface area (Å²) in [5.74, 6) is 0. The molecule has 1 unspecified atom stereocenters. The lowest BCUT2D eigenvalue weighted by atomic mass is 10.1. The van der Waals surface area contributed by atoms with Gasteiger partial charge in [-0.1, -0.05) is 28.1 Å². The van der Waals surface area contributed by atoms with Crippen molar-refractivity contribution in [2.24, 2.45) is 5.73 Å². The van der Waals surface area contributed by atoms with E-state index in [0.29, 0.717) is 11.0 Å². The molecule has 2 rings (SSSR count). The standard InChI is InChI=1S/C13H18BrN3S/c1-9-8-16(2)5-6-17(9)12-4-3-10(14)7-11(12)13(15)18/h3-4,7,9H,5-6,8H2,1-2H3,(H2,15,18). The van der Waals surface area contributed by atoms with Gasteiger partial charge in [0.2, 0.25) is 0 Å². The number of rotatable bonds is 2. The zero-order valence-electron chi connectivity index (χ0n) is 10.7. The van der Waals surface area contributed by atoms with Gasteiger partial charge in [0.05, 0.1) is 0 Å². The third-order valence-corrected chi connectivity index (χ3v) is 4.08. The summed E-state index contributed by atoms with van der Waals surface area (Å²) in [6.45, 7) is 5.37. The second-order valence-corrected chi connectivity index (χ2v) is 6.19. The Labute approximate surface area is 122 Å². The average Bonchev–Trinajstić information content (AvgIpc) is 2.29. The first kappa shape index (κ1) is 13.8. The second-order valence-electron chi connectivity index (χ2n) is 4.83. The Bertz CT molecular complexity index is 464. The van der Waals surface area contributed by atoms with Crippen LogP contribution in [-0.2, 0) is 0 Å². The number of nitrogens with zero attached hydrogens (tertiary/aromatic N) is 2. The molecule has 5 heteroatoms. The van der Waals surface area contributed by atoms with Crippen molar-refractivity contribution in [2.75, 3.05) is 31.6 Å². The molecule has 2 N–H and O–H groups in total. The molecule has 1 heterocycles. The maximum atomic E-state index is 5.84. The molecule has 0 aliphatic carbocycles. The average molecular weight is 328 g/mol. The van der Waals surface area contributed by atoms with Gasteiger partial charge in [-0.15, -0.1) is 0 Å². The Morgan fingerprint density at radius 3 is 2.78 bits per heavy atom. The van der Waals surface area contributed by atoms with Crippen molar-refractivity contribution in [2.45, 2.75) is 13.0 Å². The summed E-state index contributed by atoms with van der Waals surface area (Å²) in [4.78, 5) is 5.19. The van der Waals surface area contributed by atoms with Gasteiger partial charge < -0.3 is 15.5 Å². The molecular formula is C13H18BrN3S. The van der Waals surface area contributed by atoms with E-state index in [0.717, 1.165) is 35.4 Å². The Kier molecular flexibility index (Phi) is 4.25. The maximum absolute atomic E-state index is 5.84. The van der Waals surface area contributed by atoms with Gasteiger partial charge in [-0.3, -0.25) is 0 Å². The number of hydrogen-bond acceptors (Lipinski definition) is 3. The van der Waals surface area contributed by atoms with Crippen LogP contribution in [0.2, 0.25) is 0 Å². The lowest BCUT2D eigenvalue weighted by Crippen LogP contribution is -2.51. The van der Waals surface area contributed by atoms with Crippen LogP contribution in [0, 0.1) is 0 Å². The summed E-state index contributed by atoms with van der Waals surface area (Å²) in [5.41, 5.74) is 7.94. The Morgan fingerprint density at radius 2 is 2.17 bits per heavy atom. The van der Waals surface area contributed by atoms with Crippen molar-refractivity contribution in [3.8, 4) is 0 Å². The number of benzene rings is 1. The summed E-state index contributed by atoms with van der Waals surface area (Å²) in [7, 11) is 2.16. The van der Waals surface area contributed by atoms with Gasteiger partial charge in [0, 0.05) is 41.4 Å². The topological polar surface area (TPSA) is 32.5 Å². The van der Waals surface area contributed by atoms with Crippen LogP contribution in [0.1, 0.15) is 12.5 Å². The highest BCUT2D eigenvalue weighted by Crippen LogP contribution is 2.27. The minimum atomic E-state index is 0.456. The van der Waals surface area contributed by atoms with Gasteiger partial charge in [0.15, 0.2) is 0 Å². The highest BCUT2D eigenvalue weighted by molar-refractivity contribution is 9.10. The predicted molar refractivity (Wildman–Crippen MR) is 84.3 cm³/mol. The largest absolute Gasteiger partial charge is 0.389 e. The molecule has 0 radical (unpaired) electrons. The molecule has 0 amide bonds. The molecule has 1 atom stereocenters. The van der Waals surface area contributed by atoms with Gasteiger partial charge in [0.25, 0.3) is 0 Å². The smallest absolute Gasteiger partial charge is 0.106 e. The van der Waals surface area contributed by atoms with E-state index in [9.17, 15) is 0 Å². The van der Waals surface area contributed by atoms with Crippen LogP contribution in [0.15, 0.2) is 22.7 Å². The SMILES string of the molecule is CC1CN(C)CCN1c1ccc(Br)cc1C(N)=S. The molecule has 1 fully saturated rings. The van der Waals surface area contributed by atoms with Crippen molar-refractivity contribution < 1.29 is 0 Å². The van der Waals surface area contributed by atoms with Gasteiger partial charge >= 0.3 is 0 Å². The summed E-state index contributed by atoms with van der Waals surface area (Å²) in [6.07, 6.45) is 0. The highest BCUT2D eigenvalue weighted by Gasteiger charge is 2.24. The number of anilines is 1. The summed E-state index contributed by atoms with van der Waals surface area (Å²) < 4.78 is 1.01. The van der Waals surface area contributed by atoms with E-state index in [2.05, 4.69) is 45.8 Å². The third-order valence-electron chi connectivity index (χ3n) is 3.36. The number of nitrogens with two attached hydrogens (primary N) is 1. The molecule has 1 aliphatic heterocycles. The summed E-state index contributed by atoms with van der Waals surface area (Å²) in [6, 6.07) is 6.61. The van der Waals surface area contributed by atoms with Gasteiger partial charge in [0.1, 0.15) is 4.99 Å². The molecule has 3 nitrogen and oxygen atoms in total. The first-order chi connectivity index (χ1) is 8.49. The fourth-order valence-corrected chi connectivity index (χ4v) is 2.98. The van der Waals surface area contributed by atoms with E-state index >= 15 is 0 Å². The molecule has 18 heavy (non-hydrogen) atoms. The zero-order valence-corrected chi connectivity index (χ0v) is 13.1. The molecule has 98 valence electrons. The summed E-state index contributed by atoms with van der Waals surface area (Å²) in [5, 5.41) is 0. The van der Waals surface area contributed by atoms with E-state index in [-0.39, 0.29) is 0 Å². The van der Waals surface area contributed by atoms with E-state index in [1.165, 1.54) is 0 Å². The maximum Gasteiger partial charge on any atom is 0.106 e. The van der Waals surface area contributed by atoms with Crippen LogP contribution in [0.3, 0.4) is 0 Å². The van der Waals surface area contributed by atoms with Gasteiger partial charge in [-0.2, -0.15) is 0 Å². The third kappa shape index (κ3) is 2.84. The Hall–Kier alpha value is -0.650. The minimum Gasteiger partial charge on any atom is -0.389 e. The molecule has 0 aromatic heterocycles. The van der Waals surface area contributed by atoms with Crippen LogP contribution < -0.4 is 10.6 Å². The Morgan fingerprint density at radius 1 is 1.44 bits per heavy atom. The normalized spacial score (nSPS) is 21.1. The van der Waals surface area contributed by atoms with Crippen molar-refractivity contribution in [1.29, 1.82) is 0 Å². The molecule has 0 spiro atoms. The van der Waals surface area contributed by atoms with Crippen LogP contribution in [0.25, 0.3) is 0 Å². The van der Waals surface area contributed by atoms with Gasteiger partial charge in [-0.25, -0.2) is 0 Å². The fourth-order valence-electron chi connectivity index (χ4n) is 2.45. The number of hydrogen-bond donors (Lipinski definition) is 1. The molecule has 0 saturated carbocycles. The first-order valence-corrected chi connectivity index (χ1v) is 7.23. The predicted octanol–water partition coefficient (Wildman–Crippen LogP) is 2.22. The molecule has 1 aromatic carbocycles. The van der Waals surface area contributed by atoms with E-state index < -0.39 is 0 Å². The van der Waals surface area contributed by atoms with E-state index in [4.69, 9.17) is 18.0 Å². The Balaban J connectivity index is 2.35. The first-order valence-electron chi connectivity index (χ1n) is 6.03. The monoisotopic (exact) mass is 327 g/mol. The molecular weight excluding hydrogens is 310 g/mol. The van der Waals surface area contributed by atoms with Gasteiger partial charge in [-0.05, 0) is 32.2 Å². The lowest BCUT2D eigenvalue weighted by molar-refractivity contribution is 0.275. The number of halogens is 1. The van der Waals surface area contributed by atoms with Crippen LogP contribution in [0.5, 0.6) is 0 Å². The van der Waals surface area contributed by atoms with Crippen LogP contribution in [-0.4, -0.2) is 42.6 Å². The zero-order chi connectivity index (χ0) is 13.3. The molecule has 1 aromatic rings. The number of likely N-dealkylation sites (N-methyl/N-ethyl adjacent to an activating group) is 1. The quantitative estimate of drug-likeness (QED) is 0.844. The van der Waals surface area contributed by atoms with Crippen LogP contribution >= 0.6 is 28.1 Å². The highest BCUT2D eigenvalue weighted by atomic mass is 79.9. The van der Waals surface area contributed by atoms with Crippen molar-refractivity contribution in [1.82, 2.24) is 4.90 Å². The second kappa shape index (κ2) is 5.55. The lowest BCUT2D eigenvalue weighted by Gasteiger charge is -2.40. The molecule has 1 saturated heterocycles. The summed E-state index contributed by atoms with van der Waals surface area (Å²) >= 11 is 8.63. The van der Waals surface area contributed by atoms with E-state index in [1.807, 2.05) is 12.1 Å². The minimum absolute atomic E-state index is 0.456. The molecule has 0 bridgehead atoms. The molecule has 1 aliphatic rings. The van der Waals surface area contributed by atoms with Crippen molar-refractivity contribution >= 4 is 38.8 Å².